The molecule has 0 N–H and O–H groups in total. The van der Waals surface area contributed by atoms with Gasteiger partial charge in [0, 0.05) is 19.6 Å². The van der Waals surface area contributed by atoms with Gasteiger partial charge in [-0.15, -0.1) is 0 Å². The molecule has 4 heteroatoms. The first-order valence-electron chi connectivity index (χ1n) is 6.60. The van der Waals surface area contributed by atoms with Crippen molar-refractivity contribution in [3.8, 4) is 6.07 Å². The number of hydrogen-bond donors (Lipinski definition) is 0. The molecule has 100 valence electrons. The Bertz CT molecular complexity index is 445. The Balaban J connectivity index is 1.74. The van der Waals surface area contributed by atoms with E-state index in [1.54, 1.807) is 0 Å². The highest BCUT2D eigenvalue weighted by Crippen LogP contribution is 2.16. The number of benzene rings is 1. The first-order valence-corrected chi connectivity index (χ1v) is 6.60. The van der Waals surface area contributed by atoms with Gasteiger partial charge in [-0.3, -0.25) is 9.69 Å². The fraction of sp³-hybridized carbons (Fsp3) is 0.467. The molecule has 1 saturated heterocycles. The highest BCUT2D eigenvalue weighted by atomic mass is 16.5. The number of carbonyl (C=O) groups excluding carboxylic acids is 1. The molecule has 1 aliphatic heterocycles. The van der Waals surface area contributed by atoms with Crippen LogP contribution in [0.5, 0.6) is 0 Å². The Hall–Kier alpha value is -1.86. The highest BCUT2D eigenvalue weighted by molar-refractivity contribution is 5.71. The molecule has 4 nitrogen and oxygen atoms in total. The van der Waals surface area contributed by atoms with E-state index in [0.717, 1.165) is 32.5 Å². The molecule has 0 radical (unpaired) electrons. The second-order valence-corrected chi connectivity index (χ2v) is 4.79. The molecule has 1 aromatic carbocycles. The number of ether oxygens (including phenoxy) is 1. The van der Waals surface area contributed by atoms with Crippen LogP contribution in [-0.2, 0) is 16.1 Å². The molecule has 0 aromatic heterocycles. The number of hydrogen-bond acceptors (Lipinski definition) is 4. The Morgan fingerprint density at radius 3 is 2.63 bits per heavy atom. The van der Waals surface area contributed by atoms with Crippen molar-refractivity contribution in [2.24, 2.45) is 0 Å². The molecule has 19 heavy (non-hydrogen) atoms. The molecule has 0 saturated carbocycles. The van der Waals surface area contributed by atoms with Crippen LogP contribution in [0.2, 0.25) is 0 Å². The number of carbonyl (C=O) groups is 1. The largest absolute Gasteiger partial charge is 0.462 e. The molecule has 0 spiro atoms. The maximum atomic E-state index is 11.2. The number of likely N-dealkylation sites (tertiary alicyclic amines) is 1. The number of nitrogens with zero attached hydrogens (tertiary/aromatic N) is 2. The van der Waals surface area contributed by atoms with E-state index < -0.39 is 5.97 Å². The summed E-state index contributed by atoms with van der Waals surface area (Å²) in [6.07, 6.45) is 1.53. The van der Waals surface area contributed by atoms with Crippen LogP contribution < -0.4 is 0 Å². The minimum absolute atomic E-state index is 0.0205. The zero-order valence-corrected chi connectivity index (χ0v) is 10.9. The number of rotatable bonds is 4. The van der Waals surface area contributed by atoms with E-state index in [1.807, 2.05) is 24.3 Å². The minimum Gasteiger partial charge on any atom is -0.462 e. The van der Waals surface area contributed by atoms with E-state index in [4.69, 9.17) is 10.00 Å². The highest BCUT2D eigenvalue weighted by Gasteiger charge is 2.22. The van der Waals surface area contributed by atoms with Gasteiger partial charge in [-0.25, -0.2) is 0 Å². The molecule has 1 heterocycles. The average Bonchev–Trinajstić information content (AvgIpc) is 2.42. The summed E-state index contributed by atoms with van der Waals surface area (Å²) in [6.45, 7) is 2.80. The monoisotopic (exact) mass is 258 g/mol. The van der Waals surface area contributed by atoms with E-state index in [1.165, 1.54) is 5.56 Å². The van der Waals surface area contributed by atoms with Gasteiger partial charge in [-0.05, 0) is 18.4 Å². The smallest absolute Gasteiger partial charge is 0.320 e. The molecule has 0 atom stereocenters. The number of esters is 1. The second kappa shape index (κ2) is 6.91. The van der Waals surface area contributed by atoms with Crippen molar-refractivity contribution < 1.29 is 9.53 Å². The van der Waals surface area contributed by atoms with Gasteiger partial charge >= 0.3 is 5.97 Å². The maximum Gasteiger partial charge on any atom is 0.320 e. The van der Waals surface area contributed by atoms with E-state index in [2.05, 4.69) is 17.0 Å². The number of nitriles is 1. The predicted molar refractivity (Wildman–Crippen MR) is 71.1 cm³/mol. The van der Waals surface area contributed by atoms with Gasteiger partial charge < -0.3 is 4.74 Å². The van der Waals surface area contributed by atoms with E-state index >= 15 is 0 Å². The molecule has 1 aliphatic rings. The zero-order chi connectivity index (χ0) is 13.5. The molecule has 0 aliphatic carbocycles. The third-order valence-corrected chi connectivity index (χ3v) is 3.31. The molecule has 1 fully saturated rings. The van der Waals surface area contributed by atoms with Crippen LogP contribution in [0.1, 0.15) is 24.8 Å². The van der Waals surface area contributed by atoms with E-state index in [0.29, 0.717) is 0 Å². The van der Waals surface area contributed by atoms with Gasteiger partial charge in [0.1, 0.15) is 12.5 Å². The van der Waals surface area contributed by atoms with Gasteiger partial charge in [0.05, 0.1) is 6.07 Å². The van der Waals surface area contributed by atoms with Gasteiger partial charge in [-0.1, -0.05) is 30.3 Å². The van der Waals surface area contributed by atoms with Crippen molar-refractivity contribution in [3.05, 3.63) is 35.9 Å². The normalized spacial score (nSPS) is 16.8. The third kappa shape index (κ3) is 4.38. The summed E-state index contributed by atoms with van der Waals surface area (Å²) in [5.74, 6) is -0.399. The van der Waals surface area contributed by atoms with Gasteiger partial charge in [0.25, 0.3) is 0 Å². The average molecular weight is 258 g/mol. The fourth-order valence-electron chi connectivity index (χ4n) is 2.32. The summed E-state index contributed by atoms with van der Waals surface area (Å²) in [4.78, 5) is 13.6. The van der Waals surface area contributed by atoms with Crippen molar-refractivity contribution in [2.75, 3.05) is 13.1 Å². The lowest BCUT2D eigenvalue weighted by Crippen LogP contribution is -2.37. The van der Waals surface area contributed by atoms with Crippen molar-refractivity contribution in [1.82, 2.24) is 4.90 Å². The molecular formula is C15H18N2O2. The van der Waals surface area contributed by atoms with E-state index in [-0.39, 0.29) is 12.5 Å². The summed E-state index contributed by atoms with van der Waals surface area (Å²) < 4.78 is 5.24. The summed E-state index contributed by atoms with van der Waals surface area (Å²) in [5.41, 5.74) is 1.31. The first kappa shape index (κ1) is 13.6. The minimum atomic E-state index is -0.399. The van der Waals surface area contributed by atoms with Crippen molar-refractivity contribution in [3.63, 3.8) is 0 Å². The lowest BCUT2D eigenvalue weighted by molar-refractivity contribution is -0.150. The first-order chi connectivity index (χ1) is 9.28. The third-order valence-electron chi connectivity index (χ3n) is 3.31. The Morgan fingerprint density at radius 2 is 2.00 bits per heavy atom. The summed E-state index contributed by atoms with van der Waals surface area (Å²) in [6, 6.07) is 12.2. The van der Waals surface area contributed by atoms with Crippen molar-refractivity contribution in [1.29, 1.82) is 5.26 Å². The summed E-state index contributed by atoms with van der Waals surface area (Å²) >= 11 is 0. The lowest BCUT2D eigenvalue weighted by Gasteiger charge is -2.31. The predicted octanol–water partition coefficient (Wildman–Crippen LogP) is 2.11. The molecule has 1 aromatic rings. The second-order valence-electron chi connectivity index (χ2n) is 4.79. The Labute approximate surface area is 113 Å². The summed E-state index contributed by atoms with van der Waals surface area (Å²) in [7, 11) is 0. The summed E-state index contributed by atoms with van der Waals surface area (Å²) in [5, 5.41) is 8.41. The maximum absolute atomic E-state index is 11.2. The lowest BCUT2D eigenvalue weighted by atomic mass is 10.1. The number of piperidine rings is 1. The van der Waals surface area contributed by atoms with Crippen LogP contribution in [0, 0.1) is 11.3 Å². The van der Waals surface area contributed by atoms with Crippen LogP contribution in [0.15, 0.2) is 30.3 Å². The van der Waals surface area contributed by atoms with Crippen LogP contribution >= 0.6 is 0 Å². The molecule has 2 rings (SSSR count). The molecular weight excluding hydrogens is 240 g/mol. The van der Waals surface area contributed by atoms with Crippen LogP contribution in [0.4, 0.5) is 0 Å². The van der Waals surface area contributed by atoms with Crippen molar-refractivity contribution in [2.45, 2.75) is 31.9 Å². The van der Waals surface area contributed by atoms with Gasteiger partial charge in [-0.2, -0.15) is 5.26 Å². The topological polar surface area (TPSA) is 53.3 Å². The standard InChI is InChI=1S/C15H18N2O2/c16-9-6-15(18)19-14-7-10-17(11-8-14)12-13-4-2-1-3-5-13/h1-5,14H,6-8,10-12H2. The van der Waals surface area contributed by atoms with Crippen LogP contribution in [0.25, 0.3) is 0 Å². The van der Waals surface area contributed by atoms with Gasteiger partial charge in [0.15, 0.2) is 0 Å². The van der Waals surface area contributed by atoms with E-state index in [9.17, 15) is 4.79 Å². The van der Waals surface area contributed by atoms with Crippen LogP contribution in [-0.4, -0.2) is 30.1 Å². The Kier molecular flexibility index (Phi) is 4.93. The van der Waals surface area contributed by atoms with Gasteiger partial charge in [0.2, 0.25) is 0 Å². The fourth-order valence-corrected chi connectivity index (χ4v) is 2.32. The molecule has 0 amide bonds. The molecule has 0 unspecified atom stereocenters. The van der Waals surface area contributed by atoms with Crippen molar-refractivity contribution >= 4 is 5.97 Å². The van der Waals surface area contributed by atoms with Crippen LogP contribution in [0.3, 0.4) is 0 Å². The SMILES string of the molecule is N#CCC(=O)OC1CCN(Cc2ccccc2)CC1. The zero-order valence-electron chi connectivity index (χ0n) is 10.9. The quantitative estimate of drug-likeness (QED) is 0.776. The molecule has 0 bridgehead atoms. The Morgan fingerprint density at radius 1 is 1.32 bits per heavy atom.